The van der Waals surface area contributed by atoms with Gasteiger partial charge >= 0.3 is 12.1 Å². The number of piperidine rings is 1. The number of benzene rings is 1. The molecule has 1 unspecified atom stereocenters. The van der Waals surface area contributed by atoms with Crippen molar-refractivity contribution in [1.82, 2.24) is 9.88 Å². The number of halogens is 4. The van der Waals surface area contributed by atoms with Crippen LogP contribution >= 0.6 is 11.6 Å². The quantitative estimate of drug-likeness (QED) is 0.815. The normalized spacial score (nSPS) is 17.6. The minimum absolute atomic E-state index is 0.234. The molecule has 1 aliphatic rings. The zero-order valence-corrected chi connectivity index (χ0v) is 15.0. The van der Waals surface area contributed by atoms with Gasteiger partial charge in [0.05, 0.1) is 17.5 Å². The van der Waals surface area contributed by atoms with Crippen molar-refractivity contribution < 1.29 is 23.1 Å². The van der Waals surface area contributed by atoms with Crippen LogP contribution in [0.3, 0.4) is 0 Å². The first kappa shape index (κ1) is 19.6. The Labute approximate surface area is 159 Å². The molecule has 1 atom stereocenters. The third kappa shape index (κ3) is 4.42. The van der Waals surface area contributed by atoms with Crippen molar-refractivity contribution in [2.75, 3.05) is 13.1 Å². The lowest BCUT2D eigenvalue weighted by Crippen LogP contribution is -2.39. The number of aliphatic carboxylic acids is 1. The third-order valence-corrected chi connectivity index (χ3v) is 5.21. The SMILES string of the molecule is O=C(O)C1CCN(C(c2cccnc2)c2cc(C(F)(F)F)ccc2Cl)CC1. The first-order chi connectivity index (χ1) is 12.8. The van der Waals surface area contributed by atoms with E-state index in [0.29, 0.717) is 37.1 Å². The Bertz CT molecular complexity index is 806. The van der Waals surface area contributed by atoms with Gasteiger partial charge in [-0.25, -0.2) is 0 Å². The van der Waals surface area contributed by atoms with Crippen LogP contribution in [-0.2, 0) is 11.0 Å². The predicted molar refractivity (Wildman–Crippen MR) is 94.5 cm³/mol. The average molecular weight is 399 g/mol. The number of carbonyl (C=O) groups is 1. The van der Waals surface area contributed by atoms with Gasteiger partial charge in [0.25, 0.3) is 0 Å². The van der Waals surface area contributed by atoms with E-state index >= 15 is 0 Å². The topological polar surface area (TPSA) is 53.4 Å². The van der Waals surface area contributed by atoms with Gasteiger partial charge < -0.3 is 5.11 Å². The molecule has 0 spiro atoms. The number of rotatable bonds is 4. The third-order valence-electron chi connectivity index (χ3n) is 4.86. The van der Waals surface area contributed by atoms with Gasteiger partial charge in [-0.2, -0.15) is 13.2 Å². The molecule has 0 amide bonds. The zero-order chi connectivity index (χ0) is 19.6. The molecular weight excluding hydrogens is 381 g/mol. The summed E-state index contributed by atoms with van der Waals surface area (Å²) in [6, 6.07) is 6.27. The Kier molecular flexibility index (Phi) is 5.72. The standard InChI is InChI=1S/C19H18ClF3N2O2/c20-16-4-3-14(19(21,22)23)10-15(16)17(13-2-1-7-24-11-13)25-8-5-12(6-9-25)18(26)27/h1-4,7,10-12,17H,5-6,8-9H2,(H,26,27). The number of carboxylic acids is 1. The van der Waals surface area contributed by atoms with E-state index in [1.807, 2.05) is 4.90 Å². The van der Waals surface area contributed by atoms with Gasteiger partial charge in [-0.1, -0.05) is 17.7 Å². The molecule has 3 rings (SSSR count). The fourth-order valence-electron chi connectivity index (χ4n) is 3.46. The van der Waals surface area contributed by atoms with E-state index in [2.05, 4.69) is 4.98 Å². The van der Waals surface area contributed by atoms with Gasteiger partial charge in [0.1, 0.15) is 0 Å². The summed E-state index contributed by atoms with van der Waals surface area (Å²) >= 11 is 6.28. The predicted octanol–water partition coefficient (Wildman–Crippen LogP) is 4.64. The lowest BCUT2D eigenvalue weighted by molar-refractivity contribution is -0.143. The van der Waals surface area contributed by atoms with Crippen molar-refractivity contribution in [2.24, 2.45) is 5.92 Å². The average Bonchev–Trinajstić information content (AvgIpc) is 2.64. The van der Waals surface area contributed by atoms with Crippen LogP contribution in [0.2, 0.25) is 5.02 Å². The Hall–Kier alpha value is -2.12. The number of carboxylic acid groups (broad SMARTS) is 1. The van der Waals surface area contributed by atoms with Crippen molar-refractivity contribution in [3.63, 3.8) is 0 Å². The maximum Gasteiger partial charge on any atom is 0.416 e. The van der Waals surface area contributed by atoms with Crippen molar-refractivity contribution in [2.45, 2.75) is 25.1 Å². The van der Waals surface area contributed by atoms with Crippen LogP contribution in [0.1, 0.15) is 35.6 Å². The maximum absolute atomic E-state index is 13.2. The van der Waals surface area contributed by atoms with Crippen molar-refractivity contribution in [3.05, 3.63) is 64.4 Å². The summed E-state index contributed by atoms with van der Waals surface area (Å²) < 4.78 is 39.6. The molecule has 1 aliphatic heterocycles. The summed E-state index contributed by atoms with van der Waals surface area (Å²) in [5, 5.41) is 9.43. The number of hydrogen-bond acceptors (Lipinski definition) is 3. The largest absolute Gasteiger partial charge is 0.481 e. The molecular formula is C19H18ClF3N2O2. The number of alkyl halides is 3. The summed E-state index contributed by atoms with van der Waals surface area (Å²) in [6.07, 6.45) is -0.421. The second-order valence-corrected chi connectivity index (χ2v) is 6.98. The summed E-state index contributed by atoms with van der Waals surface area (Å²) in [7, 11) is 0. The van der Waals surface area contributed by atoms with E-state index in [9.17, 15) is 23.1 Å². The van der Waals surface area contributed by atoms with Crippen molar-refractivity contribution in [3.8, 4) is 0 Å². The first-order valence-corrected chi connectivity index (χ1v) is 8.88. The van der Waals surface area contributed by atoms with Gasteiger partial charge in [0.2, 0.25) is 0 Å². The highest BCUT2D eigenvalue weighted by Gasteiger charge is 2.35. The van der Waals surface area contributed by atoms with E-state index in [0.717, 1.165) is 12.1 Å². The minimum atomic E-state index is -4.48. The van der Waals surface area contributed by atoms with Gasteiger partial charge in [-0.3, -0.25) is 14.7 Å². The summed E-state index contributed by atoms with van der Waals surface area (Å²) in [5.41, 5.74) is 0.289. The van der Waals surface area contributed by atoms with Gasteiger partial charge in [0, 0.05) is 17.4 Å². The van der Waals surface area contributed by atoms with E-state index in [4.69, 9.17) is 11.6 Å². The van der Waals surface area contributed by atoms with E-state index in [1.54, 1.807) is 24.5 Å². The van der Waals surface area contributed by atoms with Gasteiger partial charge in [0.15, 0.2) is 0 Å². The monoisotopic (exact) mass is 398 g/mol. The molecule has 0 saturated carbocycles. The van der Waals surface area contributed by atoms with Crippen LogP contribution in [-0.4, -0.2) is 34.0 Å². The second kappa shape index (κ2) is 7.86. The number of likely N-dealkylation sites (tertiary alicyclic amines) is 1. The molecule has 1 aromatic heterocycles. The molecule has 4 nitrogen and oxygen atoms in total. The fraction of sp³-hybridized carbons (Fsp3) is 0.368. The molecule has 2 aromatic rings. The summed E-state index contributed by atoms with van der Waals surface area (Å²) in [4.78, 5) is 17.3. The Morgan fingerprint density at radius 2 is 1.96 bits per heavy atom. The highest BCUT2D eigenvalue weighted by Crippen LogP contribution is 2.39. The van der Waals surface area contributed by atoms with Crippen LogP contribution in [0, 0.1) is 5.92 Å². The molecule has 8 heteroatoms. The zero-order valence-electron chi connectivity index (χ0n) is 14.3. The highest BCUT2D eigenvalue weighted by molar-refractivity contribution is 6.31. The Balaban J connectivity index is 2.01. The highest BCUT2D eigenvalue weighted by atomic mass is 35.5. The first-order valence-electron chi connectivity index (χ1n) is 8.51. The number of pyridine rings is 1. The molecule has 144 valence electrons. The van der Waals surface area contributed by atoms with Gasteiger partial charge in [-0.05, 0) is 61.3 Å². The van der Waals surface area contributed by atoms with Crippen molar-refractivity contribution in [1.29, 1.82) is 0 Å². The van der Waals surface area contributed by atoms with Crippen LogP contribution < -0.4 is 0 Å². The van der Waals surface area contributed by atoms with Gasteiger partial charge in [-0.15, -0.1) is 0 Å². The van der Waals surface area contributed by atoms with Crippen LogP contribution in [0.15, 0.2) is 42.7 Å². The summed E-state index contributed by atoms with van der Waals surface area (Å²) in [6.45, 7) is 0.895. The molecule has 0 bridgehead atoms. The van der Waals surface area contributed by atoms with Crippen molar-refractivity contribution >= 4 is 17.6 Å². The van der Waals surface area contributed by atoms with E-state index in [-0.39, 0.29) is 5.02 Å². The Morgan fingerprint density at radius 3 is 2.52 bits per heavy atom. The lowest BCUT2D eigenvalue weighted by atomic mass is 9.91. The van der Waals surface area contributed by atoms with Crippen LogP contribution in [0.25, 0.3) is 0 Å². The molecule has 0 radical (unpaired) electrons. The number of aromatic nitrogens is 1. The maximum atomic E-state index is 13.2. The van der Waals surface area contributed by atoms with E-state index in [1.165, 1.54) is 6.07 Å². The fourth-order valence-corrected chi connectivity index (χ4v) is 3.68. The summed E-state index contributed by atoms with van der Waals surface area (Å²) in [5.74, 6) is -1.28. The second-order valence-electron chi connectivity index (χ2n) is 6.57. The molecule has 2 heterocycles. The molecule has 1 N–H and O–H groups in total. The lowest BCUT2D eigenvalue weighted by Gasteiger charge is -2.37. The minimum Gasteiger partial charge on any atom is -0.481 e. The molecule has 1 aromatic carbocycles. The Morgan fingerprint density at radius 1 is 1.26 bits per heavy atom. The number of hydrogen-bond donors (Lipinski definition) is 1. The molecule has 27 heavy (non-hydrogen) atoms. The smallest absolute Gasteiger partial charge is 0.416 e. The molecule has 1 saturated heterocycles. The number of nitrogens with zero attached hydrogens (tertiary/aromatic N) is 2. The molecule has 1 fully saturated rings. The molecule has 0 aliphatic carbocycles. The van der Waals surface area contributed by atoms with Crippen LogP contribution in [0.4, 0.5) is 13.2 Å². The van der Waals surface area contributed by atoms with E-state index < -0.39 is 29.7 Å². The van der Waals surface area contributed by atoms with Crippen LogP contribution in [0.5, 0.6) is 0 Å².